The molecule has 1 aromatic heterocycles. The van der Waals surface area contributed by atoms with E-state index in [4.69, 9.17) is 15.2 Å². The molecule has 0 saturated carbocycles. The summed E-state index contributed by atoms with van der Waals surface area (Å²) in [5, 5.41) is 0. The van der Waals surface area contributed by atoms with E-state index in [1.807, 2.05) is 0 Å². The maximum Gasteiger partial charge on any atom is 0.222 e. The van der Waals surface area contributed by atoms with Crippen molar-refractivity contribution < 1.29 is 17.9 Å². The van der Waals surface area contributed by atoms with Crippen LogP contribution in [0, 0.1) is 0 Å². The minimum absolute atomic E-state index is 0.0848. The molecule has 0 fully saturated rings. The highest BCUT2D eigenvalue weighted by atomic mass is 32.2. The molecule has 0 spiro atoms. The van der Waals surface area contributed by atoms with Gasteiger partial charge in [-0.25, -0.2) is 13.1 Å². The van der Waals surface area contributed by atoms with Gasteiger partial charge in [0.15, 0.2) is 0 Å². The number of rotatable bonds is 7. The van der Waals surface area contributed by atoms with Gasteiger partial charge in [-0.15, -0.1) is 0 Å². The van der Waals surface area contributed by atoms with Crippen molar-refractivity contribution in [1.29, 1.82) is 0 Å². The molecule has 8 heteroatoms. The van der Waals surface area contributed by atoms with Crippen molar-refractivity contribution in [2.24, 2.45) is 5.73 Å². The smallest absolute Gasteiger partial charge is 0.222 e. The van der Waals surface area contributed by atoms with Crippen LogP contribution in [-0.2, 0) is 22.3 Å². The largest absolute Gasteiger partial charge is 0.481 e. The molecule has 23 heavy (non-hydrogen) atoms. The van der Waals surface area contributed by atoms with Crippen molar-refractivity contribution in [1.82, 2.24) is 9.71 Å². The molecule has 0 bridgehead atoms. The SMILES string of the molecule is CNS(=O)(=O)Cc1ccc(Oc2cc(CN)cc(OC)n2)cc1. The van der Waals surface area contributed by atoms with Gasteiger partial charge >= 0.3 is 0 Å². The zero-order valence-corrected chi connectivity index (χ0v) is 13.8. The Balaban J connectivity index is 2.15. The summed E-state index contributed by atoms with van der Waals surface area (Å²) in [6, 6.07) is 10.2. The van der Waals surface area contributed by atoms with Crippen LogP contribution in [0.2, 0.25) is 0 Å². The minimum atomic E-state index is -3.30. The summed E-state index contributed by atoms with van der Waals surface area (Å²) in [6.07, 6.45) is 0. The highest BCUT2D eigenvalue weighted by molar-refractivity contribution is 7.88. The van der Waals surface area contributed by atoms with Crippen LogP contribution in [-0.4, -0.2) is 27.6 Å². The zero-order chi connectivity index (χ0) is 16.9. The van der Waals surface area contributed by atoms with Crippen molar-refractivity contribution in [3.05, 3.63) is 47.5 Å². The van der Waals surface area contributed by atoms with Crippen molar-refractivity contribution in [2.75, 3.05) is 14.2 Å². The summed E-state index contributed by atoms with van der Waals surface area (Å²) in [6.45, 7) is 0.343. The Morgan fingerprint density at radius 1 is 1.13 bits per heavy atom. The Kier molecular flexibility index (Phi) is 5.54. The summed E-state index contributed by atoms with van der Waals surface area (Å²) < 4.78 is 36.1. The molecule has 1 aromatic carbocycles. The maximum absolute atomic E-state index is 11.5. The second-order valence-corrected chi connectivity index (χ2v) is 6.70. The lowest BCUT2D eigenvalue weighted by molar-refractivity contribution is 0.382. The van der Waals surface area contributed by atoms with Crippen LogP contribution in [0.1, 0.15) is 11.1 Å². The Morgan fingerprint density at radius 3 is 2.35 bits per heavy atom. The number of aromatic nitrogens is 1. The summed E-state index contributed by atoms with van der Waals surface area (Å²) in [7, 11) is -0.393. The van der Waals surface area contributed by atoms with E-state index in [9.17, 15) is 8.42 Å². The Morgan fingerprint density at radius 2 is 1.78 bits per heavy atom. The molecule has 2 rings (SSSR count). The van der Waals surface area contributed by atoms with Gasteiger partial charge < -0.3 is 15.2 Å². The molecule has 0 aliphatic rings. The number of methoxy groups -OCH3 is 1. The number of nitrogens with one attached hydrogen (secondary N) is 1. The second kappa shape index (κ2) is 7.40. The topological polar surface area (TPSA) is 104 Å². The van der Waals surface area contributed by atoms with Gasteiger partial charge in [-0.1, -0.05) is 12.1 Å². The van der Waals surface area contributed by atoms with Crippen LogP contribution in [0.3, 0.4) is 0 Å². The van der Waals surface area contributed by atoms with Crippen molar-refractivity contribution >= 4 is 10.0 Å². The first-order chi connectivity index (χ1) is 11.0. The fraction of sp³-hybridized carbons (Fsp3) is 0.267. The second-order valence-electron chi connectivity index (χ2n) is 4.77. The van der Waals surface area contributed by atoms with E-state index in [1.165, 1.54) is 14.2 Å². The Bertz CT molecular complexity index is 739. The summed E-state index contributed by atoms with van der Waals surface area (Å²) in [4.78, 5) is 4.18. The molecule has 0 amide bonds. The quantitative estimate of drug-likeness (QED) is 0.791. The average Bonchev–Trinajstić information content (AvgIpc) is 2.56. The molecule has 124 valence electrons. The lowest BCUT2D eigenvalue weighted by Gasteiger charge is -2.09. The van der Waals surface area contributed by atoms with Crippen molar-refractivity contribution in [3.8, 4) is 17.5 Å². The predicted octanol–water partition coefficient (Wildman–Crippen LogP) is 1.39. The minimum Gasteiger partial charge on any atom is -0.481 e. The average molecular weight is 337 g/mol. The summed E-state index contributed by atoms with van der Waals surface area (Å²) >= 11 is 0. The van der Waals surface area contributed by atoms with Gasteiger partial charge in [-0.05, 0) is 30.3 Å². The maximum atomic E-state index is 11.5. The molecule has 0 aliphatic carbocycles. The number of nitrogens with two attached hydrogens (primary N) is 1. The standard InChI is InChI=1S/C15H19N3O4S/c1-17-23(19,20)10-11-3-5-13(6-4-11)22-15-8-12(9-16)7-14(18-15)21-2/h3-8,17H,9-10,16H2,1-2H3. The lowest BCUT2D eigenvalue weighted by Crippen LogP contribution is -2.20. The van der Waals surface area contributed by atoms with E-state index >= 15 is 0 Å². The molecule has 1 heterocycles. The molecule has 0 radical (unpaired) electrons. The fourth-order valence-electron chi connectivity index (χ4n) is 1.87. The van der Waals surface area contributed by atoms with Crippen LogP contribution < -0.4 is 19.9 Å². The first-order valence-corrected chi connectivity index (χ1v) is 8.54. The molecular formula is C15H19N3O4S. The van der Waals surface area contributed by atoms with Gasteiger partial charge in [-0.3, -0.25) is 0 Å². The third kappa shape index (κ3) is 4.92. The highest BCUT2D eigenvalue weighted by Gasteiger charge is 2.09. The van der Waals surface area contributed by atoms with Gasteiger partial charge in [0, 0.05) is 18.7 Å². The summed E-state index contributed by atoms with van der Waals surface area (Å²) in [5.74, 6) is 1.23. The van der Waals surface area contributed by atoms with Crippen LogP contribution in [0.4, 0.5) is 0 Å². The molecular weight excluding hydrogens is 318 g/mol. The predicted molar refractivity (Wildman–Crippen MR) is 86.9 cm³/mol. The number of ether oxygens (including phenoxy) is 2. The first kappa shape index (κ1) is 17.2. The van der Waals surface area contributed by atoms with E-state index in [1.54, 1.807) is 36.4 Å². The number of pyridine rings is 1. The molecule has 0 saturated heterocycles. The van der Waals surface area contributed by atoms with E-state index in [2.05, 4.69) is 9.71 Å². The van der Waals surface area contributed by atoms with E-state index in [0.29, 0.717) is 29.6 Å². The number of sulfonamides is 1. The van der Waals surface area contributed by atoms with Crippen molar-refractivity contribution in [2.45, 2.75) is 12.3 Å². The Hall–Kier alpha value is -2.16. The van der Waals surface area contributed by atoms with Gasteiger partial charge in [0.2, 0.25) is 21.8 Å². The molecule has 0 atom stereocenters. The highest BCUT2D eigenvalue weighted by Crippen LogP contribution is 2.24. The molecule has 7 nitrogen and oxygen atoms in total. The van der Waals surface area contributed by atoms with Crippen LogP contribution in [0.15, 0.2) is 36.4 Å². The van der Waals surface area contributed by atoms with Crippen LogP contribution in [0.25, 0.3) is 0 Å². The number of nitrogens with zero attached hydrogens (tertiary/aromatic N) is 1. The zero-order valence-electron chi connectivity index (χ0n) is 12.9. The van der Waals surface area contributed by atoms with Gasteiger partial charge in [0.25, 0.3) is 0 Å². The van der Waals surface area contributed by atoms with Crippen LogP contribution >= 0.6 is 0 Å². The molecule has 3 N–H and O–H groups in total. The van der Waals surface area contributed by atoms with Crippen molar-refractivity contribution in [3.63, 3.8) is 0 Å². The first-order valence-electron chi connectivity index (χ1n) is 6.89. The van der Waals surface area contributed by atoms with Gasteiger partial charge in [0.1, 0.15) is 5.75 Å². The monoisotopic (exact) mass is 337 g/mol. The third-order valence-corrected chi connectivity index (χ3v) is 4.43. The van der Waals surface area contributed by atoms with E-state index in [0.717, 1.165) is 5.56 Å². The Labute approximate surface area is 135 Å². The summed E-state index contributed by atoms with van der Waals surface area (Å²) in [5.41, 5.74) is 7.12. The lowest BCUT2D eigenvalue weighted by atomic mass is 10.2. The molecule has 0 aliphatic heterocycles. The number of hydrogen-bond acceptors (Lipinski definition) is 6. The third-order valence-electron chi connectivity index (χ3n) is 3.10. The fourth-order valence-corrected chi connectivity index (χ4v) is 2.65. The van der Waals surface area contributed by atoms with E-state index < -0.39 is 10.0 Å². The number of benzene rings is 1. The normalized spacial score (nSPS) is 11.3. The van der Waals surface area contributed by atoms with E-state index in [-0.39, 0.29) is 5.75 Å². The molecule has 0 unspecified atom stereocenters. The molecule has 2 aromatic rings. The van der Waals surface area contributed by atoms with Crippen LogP contribution in [0.5, 0.6) is 17.5 Å². The number of hydrogen-bond donors (Lipinski definition) is 2. The van der Waals surface area contributed by atoms with Gasteiger partial charge in [0.05, 0.1) is 12.9 Å². The van der Waals surface area contributed by atoms with Gasteiger partial charge in [-0.2, -0.15) is 4.98 Å².